The summed E-state index contributed by atoms with van der Waals surface area (Å²) < 4.78 is 26.0. The standard InChI is InChI=1S/C11H8F2N2S/c12-7-4-5-9(8(13)6-7)16-11-3-1-2-10(14)15-11/h1-6H,(H2,14,15). The molecule has 0 saturated heterocycles. The second-order valence-electron chi connectivity index (χ2n) is 3.08. The van der Waals surface area contributed by atoms with Crippen LogP contribution in [0.4, 0.5) is 14.6 Å². The molecular formula is C11H8F2N2S. The minimum atomic E-state index is -0.603. The molecular weight excluding hydrogens is 230 g/mol. The lowest BCUT2D eigenvalue weighted by Gasteiger charge is -2.02. The van der Waals surface area contributed by atoms with Gasteiger partial charge in [-0.3, -0.25) is 0 Å². The van der Waals surface area contributed by atoms with Gasteiger partial charge < -0.3 is 5.73 Å². The number of halogens is 2. The normalized spacial score (nSPS) is 10.4. The highest BCUT2D eigenvalue weighted by molar-refractivity contribution is 7.99. The quantitative estimate of drug-likeness (QED) is 0.873. The van der Waals surface area contributed by atoms with Gasteiger partial charge in [-0.2, -0.15) is 0 Å². The Morgan fingerprint density at radius 3 is 2.62 bits per heavy atom. The summed E-state index contributed by atoms with van der Waals surface area (Å²) >= 11 is 1.10. The molecule has 2 rings (SSSR count). The second-order valence-corrected chi connectivity index (χ2v) is 4.14. The van der Waals surface area contributed by atoms with E-state index in [1.54, 1.807) is 18.2 Å². The molecule has 82 valence electrons. The maximum Gasteiger partial charge on any atom is 0.140 e. The van der Waals surface area contributed by atoms with Crippen molar-refractivity contribution in [3.8, 4) is 0 Å². The van der Waals surface area contributed by atoms with Crippen molar-refractivity contribution >= 4 is 17.6 Å². The van der Waals surface area contributed by atoms with Gasteiger partial charge in [0.15, 0.2) is 0 Å². The molecule has 2 nitrogen and oxygen atoms in total. The molecule has 0 fully saturated rings. The van der Waals surface area contributed by atoms with Crippen molar-refractivity contribution in [3.05, 3.63) is 48.0 Å². The van der Waals surface area contributed by atoms with E-state index < -0.39 is 11.6 Å². The largest absolute Gasteiger partial charge is 0.384 e. The first kappa shape index (κ1) is 10.9. The van der Waals surface area contributed by atoms with Gasteiger partial charge in [-0.25, -0.2) is 13.8 Å². The zero-order chi connectivity index (χ0) is 11.5. The number of nitrogen functional groups attached to an aromatic ring is 1. The van der Waals surface area contributed by atoms with Gasteiger partial charge in [-0.15, -0.1) is 0 Å². The number of aromatic nitrogens is 1. The maximum absolute atomic E-state index is 13.3. The van der Waals surface area contributed by atoms with Gasteiger partial charge in [0.25, 0.3) is 0 Å². The van der Waals surface area contributed by atoms with Crippen LogP contribution in [0.15, 0.2) is 46.3 Å². The molecule has 0 aliphatic rings. The van der Waals surface area contributed by atoms with Crippen LogP contribution in [0, 0.1) is 11.6 Å². The van der Waals surface area contributed by atoms with Crippen LogP contribution in [0.3, 0.4) is 0 Å². The minimum Gasteiger partial charge on any atom is -0.384 e. The Balaban J connectivity index is 2.27. The van der Waals surface area contributed by atoms with Crippen molar-refractivity contribution in [1.29, 1.82) is 0 Å². The van der Waals surface area contributed by atoms with E-state index in [-0.39, 0.29) is 0 Å². The number of hydrogen-bond acceptors (Lipinski definition) is 3. The third kappa shape index (κ3) is 2.49. The number of benzene rings is 1. The molecule has 1 aromatic heterocycles. The topological polar surface area (TPSA) is 38.9 Å². The van der Waals surface area contributed by atoms with Crippen molar-refractivity contribution < 1.29 is 8.78 Å². The van der Waals surface area contributed by atoms with E-state index in [0.717, 1.165) is 17.8 Å². The molecule has 0 unspecified atom stereocenters. The Bertz CT molecular complexity index is 517. The highest BCUT2D eigenvalue weighted by atomic mass is 32.2. The Morgan fingerprint density at radius 2 is 1.94 bits per heavy atom. The second kappa shape index (κ2) is 4.49. The van der Waals surface area contributed by atoms with Crippen LogP contribution in [0.25, 0.3) is 0 Å². The summed E-state index contributed by atoms with van der Waals surface area (Å²) in [5, 5.41) is 0.575. The first-order chi connectivity index (χ1) is 7.65. The Morgan fingerprint density at radius 1 is 1.12 bits per heavy atom. The van der Waals surface area contributed by atoms with Gasteiger partial charge in [0, 0.05) is 11.0 Å². The van der Waals surface area contributed by atoms with Crippen molar-refractivity contribution in [2.75, 3.05) is 5.73 Å². The first-order valence-corrected chi connectivity index (χ1v) is 5.32. The molecule has 5 heteroatoms. The molecule has 1 heterocycles. The van der Waals surface area contributed by atoms with Gasteiger partial charge in [0.1, 0.15) is 22.5 Å². The molecule has 1 aromatic carbocycles. The van der Waals surface area contributed by atoms with Crippen molar-refractivity contribution in [2.24, 2.45) is 0 Å². The molecule has 0 bridgehead atoms. The fourth-order valence-electron chi connectivity index (χ4n) is 1.16. The number of pyridine rings is 1. The van der Waals surface area contributed by atoms with Crippen LogP contribution in [0.5, 0.6) is 0 Å². The van der Waals surface area contributed by atoms with E-state index in [4.69, 9.17) is 5.73 Å². The minimum absolute atomic E-state index is 0.319. The molecule has 0 aliphatic carbocycles. The summed E-state index contributed by atoms with van der Waals surface area (Å²) in [5.41, 5.74) is 5.50. The van der Waals surface area contributed by atoms with Gasteiger partial charge in [-0.1, -0.05) is 17.8 Å². The van der Waals surface area contributed by atoms with Crippen LogP contribution in [0.2, 0.25) is 0 Å². The maximum atomic E-state index is 13.3. The summed E-state index contributed by atoms with van der Waals surface area (Å²) in [7, 11) is 0. The highest BCUT2D eigenvalue weighted by Crippen LogP contribution is 2.28. The average molecular weight is 238 g/mol. The summed E-state index contributed by atoms with van der Waals surface area (Å²) in [5.74, 6) is -0.830. The molecule has 0 spiro atoms. The van der Waals surface area contributed by atoms with Crippen molar-refractivity contribution in [3.63, 3.8) is 0 Å². The van der Waals surface area contributed by atoms with Crippen LogP contribution >= 0.6 is 11.8 Å². The highest BCUT2D eigenvalue weighted by Gasteiger charge is 2.06. The number of anilines is 1. The molecule has 0 atom stereocenters. The SMILES string of the molecule is Nc1cccc(Sc2ccc(F)cc2F)n1. The lowest BCUT2D eigenvalue weighted by molar-refractivity contribution is 0.565. The van der Waals surface area contributed by atoms with E-state index in [1.807, 2.05) is 0 Å². The summed E-state index contributed by atoms with van der Waals surface area (Å²) in [6.45, 7) is 0. The van der Waals surface area contributed by atoms with E-state index >= 15 is 0 Å². The van der Waals surface area contributed by atoms with Gasteiger partial charge in [0.05, 0.1) is 0 Å². The van der Waals surface area contributed by atoms with Crippen molar-refractivity contribution in [2.45, 2.75) is 9.92 Å². The summed E-state index contributed by atoms with van der Waals surface area (Å²) in [6.07, 6.45) is 0. The molecule has 16 heavy (non-hydrogen) atoms. The number of nitrogens with two attached hydrogens (primary N) is 1. The van der Waals surface area contributed by atoms with Crippen molar-refractivity contribution in [1.82, 2.24) is 4.98 Å². The number of nitrogens with zero attached hydrogens (tertiary/aromatic N) is 1. The Labute approximate surface area is 95.5 Å². The predicted molar refractivity (Wildman–Crippen MR) is 59.1 cm³/mol. The van der Waals surface area contributed by atoms with E-state index in [0.29, 0.717) is 15.7 Å². The first-order valence-electron chi connectivity index (χ1n) is 4.50. The predicted octanol–water partition coefficient (Wildman–Crippen LogP) is 3.09. The average Bonchev–Trinajstić information content (AvgIpc) is 2.22. The molecule has 0 saturated carbocycles. The fourth-order valence-corrected chi connectivity index (χ4v) is 1.97. The molecule has 0 amide bonds. The molecule has 0 radical (unpaired) electrons. The number of rotatable bonds is 2. The van der Waals surface area contributed by atoms with E-state index in [1.165, 1.54) is 12.1 Å². The summed E-state index contributed by atoms with van der Waals surface area (Å²) in [4.78, 5) is 4.33. The summed E-state index contributed by atoms with van der Waals surface area (Å²) in [6, 6.07) is 8.51. The van der Waals surface area contributed by atoms with E-state index in [9.17, 15) is 8.78 Å². The molecule has 2 aromatic rings. The third-order valence-electron chi connectivity index (χ3n) is 1.85. The van der Waals surface area contributed by atoms with Gasteiger partial charge in [-0.05, 0) is 24.3 Å². The zero-order valence-corrected chi connectivity index (χ0v) is 8.97. The fraction of sp³-hybridized carbons (Fsp3) is 0. The smallest absolute Gasteiger partial charge is 0.140 e. The zero-order valence-electron chi connectivity index (χ0n) is 8.15. The van der Waals surface area contributed by atoms with Crippen LogP contribution in [-0.4, -0.2) is 4.98 Å². The third-order valence-corrected chi connectivity index (χ3v) is 2.84. The Hall–Kier alpha value is -1.62. The lowest BCUT2D eigenvalue weighted by Crippen LogP contribution is -1.90. The molecule has 2 N–H and O–H groups in total. The van der Waals surface area contributed by atoms with Crippen LogP contribution in [0.1, 0.15) is 0 Å². The van der Waals surface area contributed by atoms with E-state index in [2.05, 4.69) is 4.98 Å². The van der Waals surface area contributed by atoms with Crippen LogP contribution < -0.4 is 5.73 Å². The van der Waals surface area contributed by atoms with Gasteiger partial charge >= 0.3 is 0 Å². The lowest BCUT2D eigenvalue weighted by atomic mass is 10.3. The molecule has 0 aliphatic heterocycles. The van der Waals surface area contributed by atoms with Gasteiger partial charge in [0.2, 0.25) is 0 Å². The monoisotopic (exact) mass is 238 g/mol. The van der Waals surface area contributed by atoms with Crippen LogP contribution in [-0.2, 0) is 0 Å². The number of hydrogen-bond donors (Lipinski definition) is 1. The Kier molecular flexibility index (Phi) is 3.05.